The molecule has 1 aromatic carbocycles. The van der Waals surface area contributed by atoms with Crippen molar-refractivity contribution in [3.8, 4) is 0 Å². The van der Waals surface area contributed by atoms with Gasteiger partial charge in [-0.15, -0.1) is 0 Å². The van der Waals surface area contributed by atoms with Crippen LogP contribution in [0.1, 0.15) is 0 Å². The molecule has 0 unspecified atom stereocenters. The first-order valence-corrected chi connectivity index (χ1v) is 8.18. The van der Waals surface area contributed by atoms with Gasteiger partial charge in [0.25, 0.3) is 0 Å². The standard InChI is InChI=1S/C17H25N3O3/c1-23-13-17(22)20-11-15(16(21)12-20)19-9-7-18(8-10-19)14-5-3-2-4-6-14/h2-6,15-16,21H,7-13H2,1H3/t15-,16-/m1/s1. The van der Waals surface area contributed by atoms with Crippen LogP contribution in [0, 0.1) is 0 Å². The number of carbonyl (C=O) groups excluding carboxylic acids is 1. The lowest BCUT2D eigenvalue weighted by atomic mass is 10.1. The van der Waals surface area contributed by atoms with E-state index in [4.69, 9.17) is 4.74 Å². The third-order valence-corrected chi connectivity index (χ3v) is 4.78. The number of piperazine rings is 1. The summed E-state index contributed by atoms with van der Waals surface area (Å²) in [6.45, 7) is 4.78. The molecule has 6 heteroatoms. The van der Waals surface area contributed by atoms with Crippen molar-refractivity contribution in [1.82, 2.24) is 9.80 Å². The van der Waals surface area contributed by atoms with Crippen LogP contribution in [0.25, 0.3) is 0 Å². The van der Waals surface area contributed by atoms with Crippen LogP contribution in [0.5, 0.6) is 0 Å². The fraction of sp³-hybridized carbons (Fsp3) is 0.588. The van der Waals surface area contributed by atoms with Crippen molar-refractivity contribution >= 4 is 11.6 Å². The number of carbonyl (C=O) groups is 1. The van der Waals surface area contributed by atoms with Crippen molar-refractivity contribution in [3.05, 3.63) is 30.3 Å². The Bertz CT molecular complexity index is 517. The second kappa shape index (κ2) is 7.29. The zero-order chi connectivity index (χ0) is 16.2. The Hall–Kier alpha value is -1.63. The number of anilines is 1. The van der Waals surface area contributed by atoms with Gasteiger partial charge in [0.15, 0.2) is 0 Å². The largest absolute Gasteiger partial charge is 0.390 e. The van der Waals surface area contributed by atoms with Gasteiger partial charge in [0.1, 0.15) is 6.61 Å². The van der Waals surface area contributed by atoms with Gasteiger partial charge in [-0.25, -0.2) is 0 Å². The van der Waals surface area contributed by atoms with Gasteiger partial charge in [0.05, 0.1) is 12.1 Å². The Kier molecular flexibility index (Phi) is 5.15. The molecule has 0 aromatic heterocycles. The first-order valence-electron chi connectivity index (χ1n) is 8.18. The minimum Gasteiger partial charge on any atom is -0.390 e. The fourth-order valence-electron chi connectivity index (χ4n) is 3.50. The molecule has 3 rings (SSSR count). The Morgan fingerprint density at radius 3 is 2.52 bits per heavy atom. The van der Waals surface area contributed by atoms with Gasteiger partial charge in [0.2, 0.25) is 5.91 Å². The number of benzene rings is 1. The molecule has 126 valence electrons. The zero-order valence-corrected chi connectivity index (χ0v) is 13.6. The maximum Gasteiger partial charge on any atom is 0.248 e. The fourth-order valence-corrected chi connectivity index (χ4v) is 3.50. The van der Waals surface area contributed by atoms with Crippen molar-refractivity contribution in [1.29, 1.82) is 0 Å². The minimum atomic E-state index is -0.473. The van der Waals surface area contributed by atoms with Crippen LogP contribution in [-0.2, 0) is 9.53 Å². The molecule has 1 N–H and O–H groups in total. The molecule has 0 saturated carbocycles. The Balaban J connectivity index is 1.54. The van der Waals surface area contributed by atoms with Gasteiger partial charge in [-0.1, -0.05) is 18.2 Å². The van der Waals surface area contributed by atoms with E-state index in [2.05, 4.69) is 34.1 Å². The van der Waals surface area contributed by atoms with E-state index in [1.54, 1.807) is 4.90 Å². The predicted octanol–water partition coefficient (Wildman–Crippen LogP) is 0.0267. The third-order valence-electron chi connectivity index (χ3n) is 4.78. The van der Waals surface area contributed by atoms with Crippen LogP contribution in [-0.4, -0.2) is 85.9 Å². The summed E-state index contributed by atoms with van der Waals surface area (Å²) in [5, 5.41) is 10.3. The highest BCUT2D eigenvalue weighted by atomic mass is 16.5. The zero-order valence-electron chi connectivity index (χ0n) is 13.6. The van der Waals surface area contributed by atoms with Gasteiger partial charge in [-0.05, 0) is 12.1 Å². The number of para-hydroxylation sites is 1. The number of hydrogen-bond donors (Lipinski definition) is 1. The van der Waals surface area contributed by atoms with E-state index < -0.39 is 6.10 Å². The number of nitrogens with zero attached hydrogens (tertiary/aromatic N) is 3. The topological polar surface area (TPSA) is 56.2 Å². The lowest BCUT2D eigenvalue weighted by Gasteiger charge is -2.39. The second-order valence-corrected chi connectivity index (χ2v) is 6.22. The van der Waals surface area contributed by atoms with Crippen LogP contribution in [0.3, 0.4) is 0 Å². The SMILES string of the molecule is COCC(=O)N1C[C@@H](O)[C@H](N2CCN(c3ccccc3)CC2)C1. The third kappa shape index (κ3) is 3.65. The lowest BCUT2D eigenvalue weighted by molar-refractivity contribution is -0.134. The van der Waals surface area contributed by atoms with Gasteiger partial charge >= 0.3 is 0 Å². The molecule has 0 aliphatic carbocycles. The number of aliphatic hydroxyl groups is 1. The average molecular weight is 319 g/mol. The summed E-state index contributed by atoms with van der Waals surface area (Å²) in [6.07, 6.45) is -0.473. The number of amides is 1. The number of hydrogen-bond acceptors (Lipinski definition) is 5. The summed E-state index contributed by atoms with van der Waals surface area (Å²) in [5.41, 5.74) is 1.25. The molecule has 0 bridgehead atoms. The molecule has 6 nitrogen and oxygen atoms in total. The summed E-state index contributed by atoms with van der Waals surface area (Å²) in [6, 6.07) is 10.4. The second-order valence-electron chi connectivity index (χ2n) is 6.22. The minimum absolute atomic E-state index is 0.0359. The Morgan fingerprint density at radius 2 is 1.87 bits per heavy atom. The highest BCUT2D eigenvalue weighted by molar-refractivity contribution is 5.77. The normalized spacial score (nSPS) is 25.8. The molecule has 2 aliphatic heterocycles. The Morgan fingerprint density at radius 1 is 1.17 bits per heavy atom. The molecule has 2 fully saturated rings. The smallest absolute Gasteiger partial charge is 0.248 e. The number of ether oxygens (including phenoxy) is 1. The number of likely N-dealkylation sites (tertiary alicyclic amines) is 1. The predicted molar refractivity (Wildman–Crippen MR) is 88.5 cm³/mol. The number of aliphatic hydroxyl groups excluding tert-OH is 1. The monoisotopic (exact) mass is 319 g/mol. The molecule has 0 radical (unpaired) electrons. The molecule has 2 atom stereocenters. The number of rotatable bonds is 4. The summed E-state index contributed by atoms with van der Waals surface area (Å²) < 4.78 is 4.90. The van der Waals surface area contributed by atoms with Crippen LogP contribution in [0.2, 0.25) is 0 Å². The van der Waals surface area contributed by atoms with E-state index in [0.717, 1.165) is 26.2 Å². The van der Waals surface area contributed by atoms with Gasteiger partial charge < -0.3 is 19.6 Å². The van der Waals surface area contributed by atoms with Crippen molar-refractivity contribution in [3.63, 3.8) is 0 Å². The maximum atomic E-state index is 11.9. The quantitative estimate of drug-likeness (QED) is 0.848. The summed E-state index contributed by atoms with van der Waals surface area (Å²) in [4.78, 5) is 18.3. The number of β-amino-alcohol motifs (C(OH)–C–C–N with tert-alkyl or cyclic N) is 1. The molecule has 23 heavy (non-hydrogen) atoms. The van der Waals surface area contributed by atoms with Crippen LogP contribution >= 0.6 is 0 Å². The maximum absolute atomic E-state index is 11.9. The van der Waals surface area contributed by atoms with Gasteiger partial charge in [-0.3, -0.25) is 9.69 Å². The molecule has 2 saturated heterocycles. The van der Waals surface area contributed by atoms with Crippen LogP contribution in [0.15, 0.2) is 30.3 Å². The van der Waals surface area contributed by atoms with E-state index >= 15 is 0 Å². The molecule has 0 spiro atoms. The molecule has 1 aromatic rings. The molecular formula is C17H25N3O3. The summed E-state index contributed by atoms with van der Waals surface area (Å²) >= 11 is 0. The van der Waals surface area contributed by atoms with E-state index in [-0.39, 0.29) is 18.6 Å². The highest BCUT2D eigenvalue weighted by Crippen LogP contribution is 2.21. The molecule has 2 aliphatic rings. The van der Waals surface area contributed by atoms with E-state index in [9.17, 15) is 9.90 Å². The first kappa shape index (κ1) is 16.2. The molecule has 1 amide bonds. The van der Waals surface area contributed by atoms with E-state index in [1.165, 1.54) is 12.8 Å². The Labute approximate surface area is 137 Å². The molecular weight excluding hydrogens is 294 g/mol. The highest BCUT2D eigenvalue weighted by Gasteiger charge is 2.38. The van der Waals surface area contributed by atoms with E-state index in [1.807, 2.05) is 6.07 Å². The molecule has 2 heterocycles. The lowest BCUT2D eigenvalue weighted by Crippen LogP contribution is -2.53. The van der Waals surface area contributed by atoms with E-state index in [0.29, 0.717) is 13.1 Å². The number of methoxy groups -OCH3 is 1. The average Bonchev–Trinajstić information content (AvgIpc) is 2.98. The van der Waals surface area contributed by atoms with Crippen LogP contribution in [0.4, 0.5) is 5.69 Å². The van der Waals surface area contributed by atoms with Gasteiger partial charge in [0, 0.05) is 52.1 Å². The van der Waals surface area contributed by atoms with Gasteiger partial charge in [-0.2, -0.15) is 0 Å². The van der Waals surface area contributed by atoms with Crippen molar-refractivity contribution in [2.75, 3.05) is 57.9 Å². The van der Waals surface area contributed by atoms with Crippen LogP contribution < -0.4 is 4.90 Å². The van der Waals surface area contributed by atoms with Crippen molar-refractivity contribution in [2.45, 2.75) is 12.1 Å². The summed E-state index contributed by atoms with van der Waals surface area (Å²) in [5.74, 6) is -0.0445. The first-order chi connectivity index (χ1) is 11.2. The van der Waals surface area contributed by atoms with Crippen molar-refractivity contribution < 1.29 is 14.6 Å². The van der Waals surface area contributed by atoms with Crippen molar-refractivity contribution in [2.24, 2.45) is 0 Å². The summed E-state index contributed by atoms with van der Waals surface area (Å²) in [7, 11) is 1.52.